The number of likely N-dealkylation sites (N-methyl/N-ethyl adjacent to an activating group) is 1. The molecule has 9 nitrogen and oxygen atoms in total. The normalized spacial score (nSPS) is 13.3. The molecule has 0 saturated carbocycles. The Kier molecular flexibility index (Phi) is 11.4. The molecule has 238 valence electrons. The standard InChI is InChI=1S/C35H43N5O4S/c1-22(2)29-16-30(18-36-17-29)39(5)19-32(42)31(12-25-10-8-7-9-11-25)38-34(43)27-13-26(24(4)41)14-28(15-27)35(44)40(6)20-33-37-23(3)21-45-33/h7-11,13-18,21-22,24,31-32,41-42H,12,19-20H2,1-6H3,(H,38,43)/t24?,31-,32+/m0/s1. The van der Waals surface area contributed by atoms with Crippen molar-refractivity contribution in [3.05, 3.63) is 111 Å². The van der Waals surface area contributed by atoms with E-state index in [4.69, 9.17) is 0 Å². The summed E-state index contributed by atoms with van der Waals surface area (Å²) >= 11 is 1.48. The van der Waals surface area contributed by atoms with Gasteiger partial charge >= 0.3 is 0 Å². The third-order valence-electron chi connectivity index (χ3n) is 7.73. The molecule has 3 atom stereocenters. The average molecular weight is 630 g/mol. The molecule has 0 fully saturated rings. The zero-order valence-electron chi connectivity index (χ0n) is 26.8. The molecule has 2 amide bonds. The van der Waals surface area contributed by atoms with Crippen LogP contribution in [0.5, 0.6) is 0 Å². The lowest BCUT2D eigenvalue weighted by Crippen LogP contribution is -2.49. The maximum Gasteiger partial charge on any atom is 0.254 e. The lowest BCUT2D eigenvalue weighted by Gasteiger charge is -2.29. The van der Waals surface area contributed by atoms with E-state index in [2.05, 4.69) is 35.2 Å². The van der Waals surface area contributed by atoms with E-state index in [0.29, 0.717) is 24.4 Å². The van der Waals surface area contributed by atoms with E-state index in [1.807, 2.05) is 60.8 Å². The van der Waals surface area contributed by atoms with Gasteiger partial charge in [-0.3, -0.25) is 14.6 Å². The van der Waals surface area contributed by atoms with E-state index >= 15 is 0 Å². The molecule has 3 N–H and O–H groups in total. The van der Waals surface area contributed by atoms with Crippen molar-refractivity contribution < 1.29 is 19.8 Å². The summed E-state index contributed by atoms with van der Waals surface area (Å²) in [4.78, 5) is 39.5. The second kappa shape index (κ2) is 15.2. The maximum absolute atomic E-state index is 13.8. The number of aromatic nitrogens is 2. The second-order valence-corrected chi connectivity index (χ2v) is 12.9. The highest BCUT2D eigenvalue weighted by atomic mass is 32.1. The van der Waals surface area contributed by atoms with Gasteiger partial charge in [0.2, 0.25) is 0 Å². The minimum Gasteiger partial charge on any atom is -0.389 e. The van der Waals surface area contributed by atoms with Gasteiger partial charge in [-0.2, -0.15) is 0 Å². The summed E-state index contributed by atoms with van der Waals surface area (Å²) in [7, 11) is 3.57. The van der Waals surface area contributed by atoms with E-state index in [-0.39, 0.29) is 23.6 Å². The van der Waals surface area contributed by atoms with Gasteiger partial charge in [0.1, 0.15) is 5.01 Å². The van der Waals surface area contributed by atoms with Crippen molar-refractivity contribution in [3.63, 3.8) is 0 Å². The molecule has 0 aliphatic rings. The summed E-state index contributed by atoms with van der Waals surface area (Å²) < 4.78 is 0. The number of aliphatic hydroxyl groups excluding tert-OH is 2. The number of rotatable bonds is 13. The highest BCUT2D eigenvalue weighted by Gasteiger charge is 2.26. The lowest BCUT2D eigenvalue weighted by atomic mass is 9.98. The first-order valence-corrected chi connectivity index (χ1v) is 16.0. The highest BCUT2D eigenvalue weighted by Crippen LogP contribution is 2.22. The van der Waals surface area contributed by atoms with Crippen molar-refractivity contribution in [2.45, 2.75) is 64.8 Å². The summed E-state index contributed by atoms with van der Waals surface area (Å²) in [5.41, 5.74) is 4.77. The number of anilines is 1. The number of amides is 2. The minimum atomic E-state index is -0.934. The number of benzene rings is 2. The van der Waals surface area contributed by atoms with Gasteiger partial charge < -0.3 is 25.3 Å². The van der Waals surface area contributed by atoms with Crippen molar-refractivity contribution in [1.29, 1.82) is 0 Å². The number of carbonyl (C=O) groups is 2. The first-order chi connectivity index (χ1) is 21.4. The third kappa shape index (κ3) is 9.20. The Morgan fingerprint density at radius 3 is 2.31 bits per heavy atom. The van der Waals surface area contributed by atoms with Gasteiger partial charge in [-0.15, -0.1) is 11.3 Å². The quantitative estimate of drug-likeness (QED) is 0.188. The highest BCUT2D eigenvalue weighted by molar-refractivity contribution is 7.09. The zero-order valence-corrected chi connectivity index (χ0v) is 27.6. The topological polar surface area (TPSA) is 119 Å². The number of nitrogens with one attached hydrogen (secondary N) is 1. The predicted octanol–water partition coefficient (Wildman–Crippen LogP) is 5.13. The molecule has 10 heteroatoms. The van der Waals surface area contributed by atoms with Crippen molar-refractivity contribution >= 4 is 28.8 Å². The zero-order chi connectivity index (χ0) is 32.7. The average Bonchev–Trinajstić information content (AvgIpc) is 3.44. The summed E-state index contributed by atoms with van der Waals surface area (Å²) in [6, 6.07) is 15.8. The second-order valence-electron chi connectivity index (χ2n) is 11.9. The van der Waals surface area contributed by atoms with Crippen molar-refractivity contribution in [2.75, 3.05) is 25.5 Å². The van der Waals surface area contributed by atoms with Gasteiger partial charge in [0, 0.05) is 49.0 Å². The minimum absolute atomic E-state index is 0.225. The largest absolute Gasteiger partial charge is 0.389 e. The maximum atomic E-state index is 13.8. The molecule has 0 aliphatic heterocycles. The van der Waals surface area contributed by atoms with Gasteiger partial charge in [-0.25, -0.2) is 4.98 Å². The predicted molar refractivity (Wildman–Crippen MR) is 179 cm³/mol. The van der Waals surface area contributed by atoms with Crippen LogP contribution in [-0.4, -0.2) is 69.7 Å². The van der Waals surface area contributed by atoms with E-state index in [0.717, 1.165) is 27.5 Å². The van der Waals surface area contributed by atoms with Crippen LogP contribution in [0.15, 0.2) is 72.4 Å². The Hall–Kier alpha value is -4.12. The number of thiazole rings is 1. The summed E-state index contributed by atoms with van der Waals surface area (Å²) in [6.45, 7) is 8.28. The molecule has 1 unspecified atom stereocenters. The number of hydrogen-bond acceptors (Lipinski definition) is 8. The Morgan fingerprint density at radius 1 is 0.956 bits per heavy atom. The number of aryl methyl sites for hydroxylation is 1. The number of nitrogens with zero attached hydrogens (tertiary/aromatic N) is 4. The van der Waals surface area contributed by atoms with Crippen LogP contribution in [0, 0.1) is 6.92 Å². The summed E-state index contributed by atoms with van der Waals surface area (Å²) in [5, 5.41) is 27.7. The van der Waals surface area contributed by atoms with Crippen molar-refractivity contribution in [3.8, 4) is 0 Å². The molecule has 2 aromatic carbocycles. The first-order valence-electron chi connectivity index (χ1n) is 15.1. The Morgan fingerprint density at radius 2 is 1.67 bits per heavy atom. The molecule has 0 saturated heterocycles. The molecule has 45 heavy (non-hydrogen) atoms. The van der Waals surface area contributed by atoms with Crippen LogP contribution in [0.25, 0.3) is 0 Å². The van der Waals surface area contributed by atoms with Crippen molar-refractivity contribution in [2.24, 2.45) is 0 Å². The molecule has 2 aromatic heterocycles. The number of aliphatic hydroxyl groups is 2. The molecule has 4 rings (SSSR count). The molecule has 0 aliphatic carbocycles. The molecule has 2 heterocycles. The fourth-order valence-electron chi connectivity index (χ4n) is 5.00. The Balaban J connectivity index is 1.57. The number of carbonyl (C=O) groups excluding carboxylic acids is 2. The monoisotopic (exact) mass is 629 g/mol. The first kappa shape index (κ1) is 33.8. The van der Waals surface area contributed by atoms with Crippen LogP contribution in [0.3, 0.4) is 0 Å². The van der Waals surface area contributed by atoms with Gasteiger partial charge in [-0.1, -0.05) is 44.2 Å². The summed E-state index contributed by atoms with van der Waals surface area (Å²) in [6.07, 6.45) is 2.16. The number of hydrogen-bond donors (Lipinski definition) is 3. The Labute approximate surface area is 269 Å². The lowest BCUT2D eigenvalue weighted by molar-refractivity contribution is 0.0784. The van der Waals surface area contributed by atoms with Crippen LogP contribution in [0.2, 0.25) is 0 Å². The molecule has 0 bridgehead atoms. The van der Waals surface area contributed by atoms with Crippen LogP contribution in [0.1, 0.15) is 80.9 Å². The van der Waals surface area contributed by atoms with Gasteiger partial charge in [0.25, 0.3) is 11.8 Å². The third-order valence-corrected chi connectivity index (χ3v) is 8.68. The van der Waals surface area contributed by atoms with Gasteiger partial charge in [-0.05, 0) is 67.1 Å². The van der Waals surface area contributed by atoms with Crippen LogP contribution in [0.4, 0.5) is 5.69 Å². The fourth-order valence-corrected chi connectivity index (χ4v) is 5.83. The van der Waals surface area contributed by atoms with E-state index < -0.39 is 24.2 Å². The smallest absolute Gasteiger partial charge is 0.254 e. The van der Waals surface area contributed by atoms with Gasteiger partial charge in [0.15, 0.2) is 0 Å². The van der Waals surface area contributed by atoms with E-state index in [1.165, 1.54) is 17.4 Å². The van der Waals surface area contributed by atoms with Crippen LogP contribution in [-0.2, 0) is 13.0 Å². The van der Waals surface area contributed by atoms with E-state index in [9.17, 15) is 19.8 Å². The Bertz CT molecular complexity index is 1590. The van der Waals surface area contributed by atoms with Gasteiger partial charge in [0.05, 0.1) is 36.7 Å². The SMILES string of the molecule is Cc1csc(CN(C)C(=O)c2cc(C(=O)N[C@@H](Cc3ccccc3)[C@H](O)CN(C)c3cncc(C(C)C)c3)cc(C(C)O)c2)n1. The van der Waals surface area contributed by atoms with E-state index in [1.54, 1.807) is 37.2 Å². The van der Waals surface area contributed by atoms with Crippen LogP contribution < -0.4 is 10.2 Å². The summed E-state index contributed by atoms with van der Waals surface area (Å²) in [5.74, 6) is -0.429. The molecular weight excluding hydrogens is 586 g/mol. The molecular formula is C35H43N5O4S. The number of pyridine rings is 1. The van der Waals surface area contributed by atoms with Crippen molar-refractivity contribution in [1.82, 2.24) is 20.2 Å². The molecule has 0 radical (unpaired) electrons. The molecule has 0 spiro atoms. The fraction of sp³-hybridized carbons (Fsp3) is 0.371. The van der Waals surface area contributed by atoms with Crippen LogP contribution >= 0.6 is 11.3 Å². The molecule has 4 aromatic rings.